The second-order valence-corrected chi connectivity index (χ2v) is 4.53. The summed E-state index contributed by atoms with van der Waals surface area (Å²) < 4.78 is 13.0. The first-order valence-corrected chi connectivity index (χ1v) is 5.77. The van der Waals surface area contributed by atoms with Gasteiger partial charge in [-0.15, -0.1) is 0 Å². The number of nitrogens with zero attached hydrogens (tertiary/aromatic N) is 1. The van der Waals surface area contributed by atoms with Crippen molar-refractivity contribution in [2.75, 3.05) is 0 Å². The lowest BCUT2D eigenvalue weighted by Gasteiger charge is -2.12. The van der Waals surface area contributed by atoms with Gasteiger partial charge < -0.3 is 14.6 Å². The highest BCUT2D eigenvalue weighted by Crippen LogP contribution is 2.34. The van der Waals surface area contributed by atoms with Crippen molar-refractivity contribution in [3.05, 3.63) is 22.1 Å². The summed E-state index contributed by atoms with van der Waals surface area (Å²) in [6.45, 7) is 3.68. The Hall–Kier alpha value is -1.40. The zero-order valence-electron chi connectivity index (χ0n) is 9.71. The van der Waals surface area contributed by atoms with Crippen LogP contribution in [0.2, 0.25) is 0 Å². The Labute approximate surface area is 97.8 Å². The van der Waals surface area contributed by atoms with Gasteiger partial charge in [-0.3, -0.25) is 0 Å². The maximum atomic E-state index is 11.4. The van der Waals surface area contributed by atoms with E-state index in [1.165, 1.54) is 0 Å². The van der Waals surface area contributed by atoms with Crippen LogP contribution in [0.15, 0.2) is 11.0 Å². The third-order valence-electron chi connectivity index (χ3n) is 3.38. The van der Waals surface area contributed by atoms with Gasteiger partial charge in [0.2, 0.25) is 12.3 Å². The minimum atomic E-state index is -0.659. The number of ether oxygens (including phenoxy) is 2. The van der Waals surface area contributed by atoms with E-state index < -0.39 is 12.2 Å². The highest BCUT2D eigenvalue weighted by molar-refractivity contribution is 5.04. The van der Waals surface area contributed by atoms with Crippen LogP contribution in [-0.4, -0.2) is 28.4 Å². The number of aromatic amines is 1. The summed E-state index contributed by atoms with van der Waals surface area (Å²) in [5, 5.41) is 10.0. The van der Waals surface area contributed by atoms with Crippen molar-refractivity contribution in [2.45, 2.75) is 44.8 Å². The van der Waals surface area contributed by atoms with Crippen molar-refractivity contribution in [2.24, 2.45) is 0 Å². The number of hydrogen-bond donors (Lipinski definition) is 2. The molecule has 0 bridgehead atoms. The molecule has 3 rings (SSSR count). The minimum absolute atomic E-state index is 0.183. The first-order valence-electron chi connectivity index (χ1n) is 5.77. The van der Waals surface area contributed by atoms with Crippen LogP contribution >= 0.6 is 0 Å². The molecule has 2 N–H and O–H groups in total. The summed E-state index contributed by atoms with van der Waals surface area (Å²) in [5.74, 6) is 0. The third-order valence-corrected chi connectivity index (χ3v) is 3.38. The van der Waals surface area contributed by atoms with Gasteiger partial charge in [0.15, 0.2) is 0 Å². The normalized spacial score (nSPS) is 34.3. The maximum absolute atomic E-state index is 11.4. The topological polar surface area (TPSA) is 75.4 Å². The summed E-state index contributed by atoms with van der Waals surface area (Å²) in [5.41, 5.74) is 0.411. The minimum Gasteiger partial charge on any atom is -0.417 e. The Kier molecular flexibility index (Phi) is 2.24. The van der Waals surface area contributed by atoms with Crippen molar-refractivity contribution in [1.82, 2.24) is 4.98 Å². The van der Waals surface area contributed by atoms with Crippen LogP contribution in [-0.2, 0) is 4.74 Å². The van der Waals surface area contributed by atoms with Gasteiger partial charge in [0, 0.05) is 0 Å². The largest absolute Gasteiger partial charge is 0.459 e. The van der Waals surface area contributed by atoms with Crippen LogP contribution in [0, 0.1) is 6.92 Å². The summed E-state index contributed by atoms with van der Waals surface area (Å²) in [6, 6.07) is 0.351. The Morgan fingerprint density at radius 2 is 2.35 bits per heavy atom. The van der Waals surface area contributed by atoms with Crippen molar-refractivity contribution >= 4 is 0 Å². The number of nitrogens with one attached hydrogen (secondary N) is 1. The third kappa shape index (κ3) is 1.41. The van der Waals surface area contributed by atoms with Crippen LogP contribution in [0.4, 0.5) is 0 Å². The Bertz CT molecular complexity index is 513. The van der Waals surface area contributed by atoms with Crippen LogP contribution in [0.5, 0.6) is 6.01 Å². The number of rotatable bonds is 1. The molecule has 17 heavy (non-hydrogen) atoms. The molecule has 0 spiro atoms. The molecule has 92 valence electrons. The first-order chi connectivity index (χ1) is 8.11. The molecule has 0 amide bonds. The summed E-state index contributed by atoms with van der Waals surface area (Å²) in [4.78, 5) is 14.1. The van der Waals surface area contributed by atoms with Crippen LogP contribution in [0.25, 0.3) is 0 Å². The van der Waals surface area contributed by atoms with E-state index in [4.69, 9.17) is 9.47 Å². The van der Waals surface area contributed by atoms with E-state index in [1.54, 1.807) is 17.7 Å². The zero-order chi connectivity index (χ0) is 12.2. The van der Waals surface area contributed by atoms with E-state index in [0.717, 1.165) is 6.42 Å². The predicted molar refractivity (Wildman–Crippen MR) is 56.6 cm³/mol. The highest BCUT2D eigenvalue weighted by Gasteiger charge is 2.54. The second kappa shape index (κ2) is 3.54. The number of aliphatic hydroxyl groups is 1. The molecule has 0 aromatic carbocycles. The van der Waals surface area contributed by atoms with E-state index in [9.17, 15) is 9.90 Å². The molecular weight excluding hydrogens is 224 g/mol. The molecule has 0 radical (unpaired) electrons. The maximum Gasteiger partial charge on any atom is 0.459 e. The van der Waals surface area contributed by atoms with E-state index in [2.05, 4.69) is 4.98 Å². The molecule has 3 heterocycles. The predicted octanol–water partition coefficient (Wildman–Crippen LogP) is -0.600. The Morgan fingerprint density at radius 3 is 3.06 bits per heavy atom. The molecule has 0 saturated carbocycles. The Balaban J connectivity index is 2.02. The lowest BCUT2D eigenvalue weighted by molar-refractivity contribution is -0.746. The summed E-state index contributed by atoms with van der Waals surface area (Å²) in [6.07, 6.45) is 0.781. The number of hydrogen-bond acceptors (Lipinski definition) is 4. The fourth-order valence-electron chi connectivity index (χ4n) is 2.40. The summed E-state index contributed by atoms with van der Waals surface area (Å²) in [7, 11) is 0. The number of aromatic nitrogens is 2. The van der Waals surface area contributed by atoms with Crippen molar-refractivity contribution in [3.8, 4) is 6.01 Å². The molecule has 6 heteroatoms. The van der Waals surface area contributed by atoms with E-state index in [-0.39, 0.29) is 17.9 Å². The standard InChI is InChI=1S/C11H14N2O4/c1-3-6-7(14)8-10(16-6)13-4-5(2)9(15)12-11(13)17-8/h4,6-8,10,14H,3H2,1-2H3/p+1. The van der Waals surface area contributed by atoms with E-state index in [0.29, 0.717) is 11.6 Å². The van der Waals surface area contributed by atoms with Crippen molar-refractivity contribution in [1.29, 1.82) is 0 Å². The van der Waals surface area contributed by atoms with Gasteiger partial charge in [0.25, 0.3) is 0 Å². The molecule has 4 unspecified atom stereocenters. The van der Waals surface area contributed by atoms with Gasteiger partial charge in [0.1, 0.15) is 12.3 Å². The molecular formula is C11H15N2O4+. The SMILES string of the molecule is CCC1OC2C(Oc3[nH]c(=O)c(C)c[n+]32)C1O. The molecule has 4 atom stereocenters. The van der Waals surface area contributed by atoms with Crippen molar-refractivity contribution in [3.63, 3.8) is 0 Å². The van der Waals surface area contributed by atoms with Gasteiger partial charge in [-0.25, -0.2) is 4.79 Å². The fourth-order valence-corrected chi connectivity index (χ4v) is 2.40. The first kappa shape index (κ1) is 10.7. The van der Waals surface area contributed by atoms with Gasteiger partial charge in [0.05, 0.1) is 11.7 Å². The van der Waals surface area contributed by atoms with Gasteiger partial charge in [-0.05, 0) is 13.3 Å². The second-order valence-electron chi connectivity index (χ2n) is 4.53. The lowest BCUT2D eigenvalue weighted by atomic mass is 10.1. The highest BCUT2D eigenvalue weighted by atomic mass is 16.6. The molecule has 2 aliphatic rings. The van der Waals surface area contributed by atoms with Crippen molar-refractivity contribution < 1.29 is 19.1 Å². The Morgan fingerprint density at radius 1 is 1.59 bits per heavy atom. The average molecular weight is 239 g/mol. The van der Waals surface area contributed by atoms with Crippen LogP contribution < -0.4 is 14.9 Å². The lowest BCUT2D eigenvalue weighted by Crippen LogP contribution is -2.41. The van der Waals surface area contributed by atoms with Gasteiger partial charge >= 0.3 is 11.6 Å². The average Bonchev–Trinajstić information content (AvgIpc) is 2.78. The fraction of sp³-hybridized carbons (Fsp3) is 0.636. The van der Waals surface area contributed by atoms with Crippen LogP contribution in [0.3, 0.4) is 0 Å². The molecule has 1 aromatic heterocycles. The molecule has 1 aromatic rings. The van der Waals surface area contributed by atoms with E-state index >= 15 is 0 Å². The van der Waals surface area contributed by atoms with Crippen LogP contribution in [0.1, 0.15) is 25.1 Å². The zero-order valence-corrected chi connectivity index (χ0v) is 9.71. The molecule has 1 saturated heterocycles. The van der Waals surface area contributed by atoms with Gasteiger partial charge in [-0.1, -0.05) is 6.92 Å². The van der Waals surface area contributed by atoms with E-state index in [1.807, 2.05) is 6.92 Å². The molecule has 1 fully saturated rings. The number of aliphatic hydroxyl groups excluding tert-OH is 1. The monoisotopic (exact) mass is 239 g/mol. The number of fused-ring (bicyclic) bond motifs is 3. The number of aryl methyl sites for hydroxylation is 1. The summed E-state index contributed by atoms with van der Waals surface area (Å²) >= 11 is 0. The molecule has 0 aliphatic carbocycles. The van der Waals surface area contributed by atoms with Gasteiger partial charge in [-0.2, -0.15) is 9.55 Å². The quantitative estimate of drug-likeness (QED) is 0.642. The molecule has 6 nitrogen and oxygen atoms in total. The number of H-pyrrole nitrogens is 1. The smallest absolute Gasteiger partial charge is 0.417 e. The molecule has 2 aliphatic heterocycles.